The highest BCUT2D eigenvalue weighted by molar-refractivity contribution is 5.57. The SMILES string of the molecule is COCC(C)NCCCN1CCc2ccccc21. The molecule has 0 saturated heterocycles. The molecule has 1 heterocycles. The van der Waals surface area contributed by atoms with E-state index >= 15 is 0 Å². The van der Waals surface area contributed by atoms with Gasteiger partial charge in [-0.25, -0.2) is 0 Å². The third kappa shape index (κ3) is 3.47. The van der Waals surface area contributed by atoms with E-state index in [1.165, 1.54) is 30.6 Å². The van der Waals surface area contributed by atoms with E-state index in [2.05, 4.69) is 41.4 Å². The molecule has 0 radical (unpaired) electrons. The molecule has 1 N–H and O–H groups in total. The van der Waals surface area contributed by atoms with Gasteiger partial charge in [-0.1, -0.05) is 18.2 Å². The van der Waals surface area contributed by atoms with Gasteiger partial charge in [-0.3, -0.25) is 0 Å². The second-order valence-corrected chi connectivity index (χ2v) is 5.03. The molecule has 0 aliphatic carbocycles. The van der Waals surface area contributed by atoms with Gasteiger partial charge in [-0.15, -0.1) is 0 Å². The number of rotatable bonds is 7. The molecule has 1 unspecified atom stereocenters. The first-order valence-electron chi connectivity index (χ1n) is 6.86. The summed E-state index contributed by atoms with van der Waals surface area (Å²) in [6.07, 6.45) is 2.38. The predicted molar refractivity (Wildman–Crippen MR) is 76.3 cm³/mol. The van der Waals surface area contributed by atoms with Gasteiger partial charge in [0.1, 0.15) is 0 Å². The van der Waals surface area contributed by atoms with Crippen LogP contribution < -0.4 is 10.2 Å². The fraction of sp³-hybridized carbons (Fsp3) is 0.600. The molecule has 0 fully saturated rings. The van der Waals surface area contributed by atoms with E-state index in [1.807, 2.05) is 0 Å². The van der Waals surface area contributed by atoms with Crippen LogP contribution in [0, 0.1) is 0 Å². The molecule has 0 bridgehead atoms. The Morgan fingerprint density at radius 1 is 1.39 bits per heavy atom. The standard InChI is InChI=1S/C15H24N2O/c1-13(12-18-2)16-9-5-10-17-11-8-14-6-3-4-7-15(14)17/h3-4,6-7,13,16H,5,8-12H2,1-2H3. The van der Waals surface area contributed by atoms with E-state index in [1.54, 1.807) is 7.11 Å². The maximum Gasteiger partial charge on any atom is 0.0613 e. The number of hydrogen-bond acceptors (Lipinski definition) is 3. The van der Waals surface area contributed by atoms with Gasteiger partial charge in [-0.2, -0.15) is 0 Å². The van der Waals surface area contributed by atoms with Crippen molar-refractivity contribution < 1.29 is 4.74 Å². The lowest BCUT2D eigenvalue weighted by Crippen LogP contribution is -2.33. The zero-order valence-electron chi connectivity index (χ0n) is 11.5. The lowest BCUT2D eigenvalue weighted by molar-refractivity contribution is 0.172. The van der Waals surface area contributed by atoms with Crippen LogP contribution in [0.15, 0.2) is 24.3 Å². The molecule has 1 atom stereocenters. The van der Waals surface area contributed by atoms with E-state index < -0.39 is 0 Å². The fourth-order valence-electron chi connectivity index (χ4n) is 2.57. The van der Waals surface area contributed by atoms with Crippen molar-refractivity contribution in [2.45, 2.75) is 25.8 Å². The van der Waals surface area contributed by atoms with Crippen LogP contribution in [0.2, 0.25) is 0 Å². The molecule has 0 saturated carbocycles. The second-order valence-electron chi connectivity index (χ2n) is 5.03. The monoisotopic (exact) mass is 248 g/mol. The number of methoxy groups -OCH3 is 1. The van der Waals surface area contributed by atoms with Crippen molar-refractivity contribution in [2.24, 2.45) is 0 Å². The van der Waals surface area contributed by atoms with Gasteiger partial charge in [-0.05, 0) is 37.9 Å². The van der Waals surface area contributed by atoms with Gasteiger partial charge in [0.2, 0.25) is 0 Å². The average Bonchev–Trinajstić information content (AvgIpc) is 2.78. The molecule has 0 amide bonds. The lowest BCUT2D eigenvalue weighted by atomic mass is 10.2. The summed E-state index contributed by atoms with van der Waals surface area (Å²) in [5, 5.41) is 3.48. The van der Waals surface area contributed by atoms with Crippen molar-refractivity contribution in [1.82, 2.24) is 5.32 Å². The predicted octanol–water partition coefficient (Wildman–Crippen LogP) is 2.06. The Hall–Kier alpha value is -1.06. The first kappa shape index (κ1) is 13.4. The number of nitrogens with one attached hydrogen (secondary N) is 1. The van der Waals surface area contributed by atoms with Crippen LogP contribution in [-0.4, -0.2) is 39.4 Å². The number of ether oxygens (including phenoxy) is 1. The largest absolute Gasteiger partial charge is 0.383 e. The van der Waals surface area contributed by atoms with Gasteiger partial charge in [0.25, 0.3) is 0 Å². The zero-order chi connectivity index (χ0) is 12.8. The minimum Gasteiger partial charge on any atom is -0.383 e. The molecule has 100 valence electrons. The number of benzene rings is 1. The Balaban J connectivity index is 1.69. The minimum atomic E-state index is 0.445. The Bertz CT molecular complexity index is 367. The van der Waals surface area contributed by atoms with E-state index in [0.717, 1.165) is 19.7 Å². The van der Waals surface area contributed by atoms with Gasteiger partial charge in [0.05, 0.1) is 6.61 Å². The summed E-state index contributed by atoms with van der Waals surface area (Å²) < 4.78 is 5.11. The molecule has 1 aromatic rings. The van der Waals surface area contributed by atoms with Gasteiger partial charge in [0.15, 0.2) is 0 Å². The summed E-state index contributed by atoms with van der Waals surface area (Å²) in [7, 11) is 1.75. The maximum atomic E-state index is 5.11. The molecule has 2 rings (SSSR count). The lowest BCUT2D eigenvalue weighted by Gasteiger charge is -2.20. The summed E-state index contributed by atoms with van der Waals surface area (Å²) >= 11 is 0. The molecule has 3 nitrogen and oxygen atoms in total. The molecular weight excluding hydrogens is 224 g/mol. The van der Waals surface area contributed by atoms with Crippen LogP contribution in [0.3, 0.4) is 0 Å². The third-order valence-electron chi connectivity index (χ3n) is 3.50. The molecule has 0 spiro atoms. The Labute approximate surface area is 110 Å². The highest BCUT2D eigenvalue weighted by Crippen LogP contribution is 2.27. The summed E-state index contributed by atoms with van der Waals surface area (Å²) in [6.45, 7) is 6.32. The van der Waals surface area contributed by atoms with Gasteiger partial charge in [0, 0.05) is 31.9 Å². The van der Waals surface area contributed by atoms with Crippen LogP contribution in [0.4, 0.5) is 5.69 Å². The number of anilines is 1. The highest BCUT2D eigenvalue weighted by atomic mass is 16.5. The Morgan fingerprint density at radius 2 is 2.22 bits per heavy atom. The van der Waals surface area contributed by atoms with Crippen LogP contribution in [-0.2, 0) is 11.2 Å². The van der Waals surface area contributed by atoms with Crippen molar-refractivity contribution >= 4 is 5.69 Å². The number of hydrogen-bond donors (Lipinski definition) is 1. The summed E-state index contributed by atoms with van der Waals surface area (Å²) in [5.41, 5.74) is 2.93. The van der Waals surface area contributed by atoms with Gasteiger partial charge < -0.3 is 15.0 Å². The summed E-state index contributed by atoms with van der Waals surface area (Å²) in [6, 6.07) is 9.20. The van der Waals surface area contributed by atoms with Crippen molar-refractivity contribution in [3.05, 3.63) is 29.8 Å². The summed E-state index contributed by atoms with van der Waals surface area (Å²) in [4.78, 5) is 2.50. The van der Waals surface area contributed by atoms with E-state index in [-0.39, 0.29) is 0 Å². The molecule has 0 aromatic heterocycles. The van der Waals surface area contributed by atoms with Crippen LogP contribution >= 0.6 is 0 Å². The zero-order valence-corrected chi connectivity index (χ0v) is 11.5. The normalized spacial score (nSPS) is 15.8. The van der Waals surface area contributed by atoms with E-state index in [4.69, 9.17) is 4.74 Å². The highest BCUT2D eigenvalue weighted by Gasteiger charge is 2.17. The number of nitrogens with zero attached hydrogens (tertiary/aromatic N) is 1. The molecule has 1 aromatic carbocycles. The average molecular weight is 248 g/mol. The molecular formula is C15H24N2O. The quantitative estimate of drug-likeness (QED) is 0.748. The molecule has 1 aliphatic heterocycles. The first-order chi connectivity index (χ1) is 8.81. The number of para-hydroxylation sites is 1. The molecule has 3 heteroatoms. The summed E-state index contributed by atoms with van der Waals surface area (Å²) in [5.74, 6) is 0. The Morgan fingerprint density at radius 3 is 3.06 bits per heavy atom. The van der Waals surface area contributed by atoms with Crippen molar-refractivity contribution in [3.63, 3.8) is 0 Å². The van der Waals surface area contributed by atoms with E-state index in [9.17, 15) is 0 Å². The second kappa shape index (κ2) is 6.76. The fourth-order valence-corrected chi connectivity index (χ4v) is 2.57. The smallest absolute Gasteiger partial charge is 0.0613 e. The topological polar surface area (TPSA) is 24.5 Å². The van der Waals surface area contributed by atoms with Gasteiger partial charge >= 0.3 is 0 Å². The molecule has 18 heavy (non-hydrogen) atoms. The van der Waals surface area contributed by atoms with Crippen molar-refractivity contribution in [1.29, 1.82) is 0 Å². The van der Waals surface area contributed by atoms with E-state index in [0.29, 0.717) is 6.04 Å². The molecule has 1 aliphatic rings. The first-order valence-corrected chi connectivity index (χ1v) is 6.86. The van der Waals surface area contributed by atoms with Crippen molar-refractivity contribution in [2.75, 3.05) is 38.3 Å². The van der Waals surface area contributed by atoms with Crippen molar-refractivity contribution in [3.8, 4) is 0 Å². The van der Waals surface area contributed by atoms with Crippen LogP contribution in [0.25, 0.3) is 0 Å². The van der Waals surface area contributed by atoms with Crippen LogP contribution in [0.1, 0.15) is 18.9 Å². The minimum absolute atomic E-state index is 0.445. The number of fused-ring (bicyclic) bond motifs is 1. The van der Waals surface area contributed by atoms with Crippen LogP contribution in [0.5, 0.6) is 0 Å². The Kier molecular flexibility index (Phi) is 5.02. The third-order valence-corrected chi connectivity index (χ3v) is 3.50. The maximum absolute atomic E-state index is 5.11.